The van der Waals surface area contributed by atoms with E-state index in [1.165, 1.54) is 45.7 Å². The third kappa shape index (κ3) is 5.32. The summed E-state index contributed by atoms with van der Waals surface area (Å²) in [6.45, 7) is 0. The molecule has 0 bridgehead atoms. The summed E-state index contributed by atoms with van der Waals surface area (Å²) in [5.41, 5.74) is 7.56. The highest BCUT2D eigenvalue weighted by Gasteiger charge is 2.17. The van der Waals surface area contributed by atoms with Gasteiger partial charge in [0.25, 0.3) is 0 Å². The van der Waals surface area contributed by atoms with E-state index in [0.717, 1.165) is 16.8 Å². The van der Waals surface area contributed by atoms with Gasteiger partial charge in [-0.3, -0.25) is 0 Å². The van der Waals surface area contributed by atoms with Crippen molar-refractivity contribution in [1.82, 2.24) is 48.7 Å². The number of H-pyrrole nitrogens is 1. The SMILES string of the molecule is Cn1cnc(-c2ccc(F)cc2)c1-c1ccc2ncc(C#N)n2n1.N#Cc1cnc2ccc(-c3[nH]cnc3-c3ccc(F)cc3)nn12. The average Bonchev–Trinajstić information content (AvgIpc) is 3.90. The lowest BCUT2D eigenvalue weighted by atomic mass is 10.1. The van der Waals surface area contributed by atoms with Crippen LogP contribution in [0, 0.1) is 34.3 Å². The van der Waals surface area contributed by atoms with E-state index in [0.29, 0.717) is 51.2 Å². The lowest BCUT2D eigenvalue weighted by molar-refractivity contribution is 0.627. The highest BCUT2D eigenvalue weighted by molar-refractivity contribution is 5.77. The first-order valence-electron chi connectivity index (χ1n) is 14.0. The molecule has 6 heterocycles. The molecule has 0 aliphatic carbocycles. The fourth-order valence-electron chi connectivity index (χ4n) is 5.03. The molecule has 0 aliphatic heterocycles. The Hall–Kier alpha value is -7.06. The van der Waals surface area contributed by atoms with Crippen molar-refractivity contribution in [3.63, 3.8) is 0 Å². The minimum Gasteiger partial charge on any atom is -0.343 e. The summed E-state index contributed by atoms with van der Waals surface area (Å²) in [5, 5.41) is 27.2. The maximum atomic E-state index is 13.2. The second-order valence-electron chi connectivity index (χ2n) is 10.2. The second-order valence-corrected chi connectivity index (χ2v) is 10.2. The molecular weight excluding hydrogens is 602 g/mol. The molecule has 0 fully saturated rings. The number of benzene rings is 2. The highest BCUT2D eigenvalue weighted by atomic mass is 19.1. The Labute approximate surface area is 264 Å². The van der Waals surface area contributed by atoms with Crippen LogP contribution < -0.4 is 0 Å². The molecule has 2 aromatic carbocycles. The van der Waals surface area contributed by atoms with Crippen molar-refractivity contribution in [2.75, 3.05) is 0 Å². The van der Waals surface area contributed by atoms with Crippen molar-refractivity contribution >= 4 is 11.3 Å². The van der Waals surface area contributed by atoms with Gasteiger partial charge in [0.15, 0.2) is 22.7 Å². The molecule has 0 saturated carbocycles. The van der Waals surface area contributed by atoms with Crippen LogP contribution in [-0.2, 0) is 7.05 Å². The molecule has 14 heteroatoms. The Balaban J connectivity index is 0.000000150. The van der Waals surface area contributed by atoms with Gasteiger partial charge in [-0.1, -0.05) is 0 Å². The van der Waals surface area contributed by atoms with Gasteiger partial charge >= 0.3 is 0 Å². The van der Waals surface area contributed by atoms with Gasteiger partial charge in [0.2, 0.25) is 0 Å². The van der Waals surface area contributed by atoms with Crippen molar-refractivity contribution < 1.29 is 8.78 Å². The van der Waals surface area contributed by atoms with Crippen LogP contribution in [0.3, 0.4) is 0 Å². The van der Waals surface area contributed by atoms with Crippen LogP contribution in [-0.4, -0.2) is 48.7 Å². The van der Waals surface area contributed by atoms with Crippen molar-refractivity contribution in [3.05, 3.63) is 121 Å². The lowest BCUT2D eigenvalue weighted by Gasteiger charge is -2.07. The highest BCUT2D eigenvalue weighted by Crippen LogP contribution is 2.30. The first-order chi connectivity index (χ1) is 22.9. The molecule has 6 aromatic heterocycles. The Morgan fingerprint density at radius 1 is 0.638 bits per heavy atom. The first-order valence-corrected chi connectivity index (χ1v) is 14.0. The monoisotopic (exact) mass is 622 g/mol. The summed E-state index contributed by atoms with van der Waals surface area (Å²) in [6, 6.07) is 23.5. The van der Waals surface area contributed by atoms with Gasteiger partial charge < -0.3 is 9.55 Å². The molecule has 8 rings (SSSR count). The zero-order valence-electron chi connectivity index (χ0n) is 24.4. The van der Waals surface area contributed by atoms with Gasteiger partial charge in [-0.05, 0) is 72.8 Å². The summed E-state index contributed by atoms with van der Waals surface area (Å²) in [7, 11) is 1.86. The number of nitrogens with one attached hydrogen (secondary N) is 1. The van der Waals surface area contributed by atoms with Crippen LogP contribution >= 0.6 is 0 Å². The number of hydrogen-bond donors (Lipinski definition) is 1. The zero-order valence-corrected chi connectivity index (χ0v) is 24.4. The number of halogens is 2. The molecule has 8 aromatic rings. The maximum absolute atomic E-state index is 13.2. The number of rotatable bonds is 4. The Kier molecular flexibility index (Phi) is 7.20. The molecular formula is C33H20F2N12. The number of aromatic nitrogens is 10. The number of aromatic amines is 1. The molecule has 0 unspecified atom stereocenters. The normalized spacial score (nSPS) is 10.8. The van der Waals surface area contributed by atoms with E-state index >= 15 is 0 Å². The molecule has 0 aliphatic rings. The third-order valence-corrected chi connectivity index (χ3v) is 7.26. The van der Waals surface area contributed by atoms with E-state index in [9.17, 15) is 8.78 Å². The van der Waals surface area contributed by atoms with Gasteiger partial charge in [0, 0.05) is 18.2 Å². The van der Waals surface area contributed by atoms with Gasteiger partial charge in [-0.2, -0.15) is 20.7 Å². The lowest BCUT2D eigenvalue weighted by Crippen LogP contribution is -2.00. The van der Waals surface area contributed by atoms with Crippen molar-refractivity contribution in [3.8, 4) is 57.4 Å². The third-order valence-electron chi connectivity index (χ3n) is 7.26. The summed E-state index contributed by atoms with van der Waals surface area (Å²) >= 11 is 0. The molecule has 0 amide bonds. The fraction of sp³-hybridized carbons (Fsp3) is 0.0303. The summed E-state index contributed by atoms with van der Waals surface area (Å²) in [5.74, 6) is -0.602. The van der Waals surface area contributed by atoms with Crippen LogP contribution in [0.1, 0.15) is 11.4 Å². The number of hydrogen-bond acceptors (Lipinski definition) is 8. The molecule has 0 radical (unpaired) electrons. The number of nitrogens with zero attached hydrogens (tertiary/aromatic N) is 11. The van der Waals surface area contributed by atoms with Crippen LogP contribution in [0.4, 0.5) is 8.78 Å². The Morgan fingerprint density at radius 2 is 1.17 bits per heavy atom. The smallest absolute Gasteiger partial charge is 0.162 e. The molecule has 0 atom stereocenters. The van der Waals surface area contributed by atoms with E-state index in [2.05, 4.69) is 41.2 Å². The Morgan fingerprint density at radius 3 is 1.74 bits per heavy atom. The molecule has 1 N–H and O–H groups in total. The predicted octanol–water partition coefficient (Wildman–Crippen LogP) is 5.60. The van der Waals surface area contributed by atoms with E-state index in [4.69, 9.17) is 10.5 Å². The first kappa shape index (κ1) is 28.7. The topological polar surface area (TPSA) is 154 Å². The van der Waals surface area contributed by atoms with E-state index < -0.39 is 0 Å². The number of nitriles is 2. The largest absolute Gasteiger partial charge is 0.343 e. The van der Waals surface area contributed by atoms with E-state index in [1.807, 2.05) is 23.8 Å². The van der Waals surface area contributed by atoms with Gasteiger partial charge in [0.05, 0.1) is 47.8 Å². The number of aryl methyl sites for hydroxylation is 1. The summed E-state index contributed by atoms with van der Waals surface area (Å²) in [4.78, 5) is 20.0. The van der Waals surface area contributed by atoms with Crippen LogP contribution in [0.25, 0.3) is 56.6 Å². The molecule has 226 valence electrons. The molecule has 0 saturated heterocycles. The van der Waals surface area contributed by atoms with Crippen LogP contribution in [0.5, 0.6) is 0 Å². The van der Waals surface area contributed by atoms with Crippen LogP contribution in [0.2, 0.25) is 0 Å². The van der Waals surface area contributed by atoms with Gasteiger partial charge in [0.1, 0.15) is 35.2 Å². The van der Waals surface area contributed by atoms with Gasteiger partial charge in [-0.15, -0.1) is 0 Å². The minimum absolute atomic E-state index is 0.298. The number of imidazole rings is 4. The van der Waals surface area contributed by atoms with E-state index in [-0.39, 0.29) is 11.6 Å². The average molecular weight is 623 g/mol. The number of fused-ring (bicyclic) bond motifs is 2. The summed E-state index contributed by atoms with van der Waals surface area (Å²) in [6.07, 6.45) is 6.19. The second kappa shape index (κ2) is 11.8. The Bertz CT molecular complexity index is 2470. The minimum atomic E-state index is -0.303. The van der Waals surface area contributed by atoms with Gasteiger partial charge in [-0.25, -0.2) is 37.7 Å². The zero-order chi connectivity index (χ0) is 32.5. The quantitative estimate of drug-likeness (QED) is 0.266. The standard InChI is InChI=1S/C17H11FN6.C16H9FN6/c1-23-10-21-16(11-2-4-12(18)5-3-11)17(23)14-6-7-15-20-9-13(8-19)24(15)22-14;17-11-3-1-10(2-4-11)15-16(21-9-20-15)13-5-6-14-19-8-12(7-18)23(14)22-13/h2-7,9-10H,1H3;1-6,8-9H,(H,20,21). The molecule has 12 nitrogen and oxygen atoms in total. The van der Waals surface area contributed by atoms with Crippen molar-refractivity contribution in [1.29, 1.82) is 10.5 Å². The predicted molar refractivity (Wildman–Crippen MR) is 166 cm³/mol. The maximum Gasteiger partial charge on any atom is 0.162 e. The molecule has 0 spiro atoms. The van der Waals surface area contributed by atoms with Crippen LogP contribution in [0.15, 0.2) is 97.8 Å². The fourth-order valence-corrected chi connectivity index (χ4v) is 5.03. The molecule has 47 heavy (non-hydrogen) atoms. The van der Waals surface area contributed by atoms with Crippen molar-refractivity contribution in [2.45, 2.75) is 0 Å². The van der Waals surface area contributed by atoms with Crippen molar-refractivity contribution in [2.24, 2.45) is 7.05 Å². The van der Waals surface area contributed by atoms with E-state index in [1.54, 1.807) is 55.1 Å². The summed E-state index contributed by atoms with van der Waals surface area (Å²) < 4.78 is 31.1.